The van der Waals surface area contributed by atoms with E-state index in [2.05, 4.69) is 5.32 Å². The third-order valence-electron chi connectivity index (χ3n) is 4.47. The van der Waals surface area contributed by atoms with Gasteiger partial charge in [0, 0.05) is 6.42 Å². The number of carbonyl (C=O) groups excluding carboxylic acids is 1. The van der Waals surface area contributed by atoms with Crippen molar-refractivity contribution >= 4 is 11.5 Å². The summed E-state index contributed by atoms with van der Waals surface area (Å²) in [4.78, 5) is 12.4. The van der Waals surface area contributed by atoms with Gasteiger partial charge in [0.25, 0.3) is 0 Å². The highest BCUT2D eigenvalue weighted by molar-refractivity contribution is 5.91. The van der Waals surface area contributed by atoms with Crippen LogP contribution in [0.15, 0.2) is 42.5 Å². The van der Waals surface area contributed by atoms with Gasteiger partial charge in [-0.3, -0.25) is 4.79 Å². The summed E-state index contributed by atoms with van der Waals surface area (Å²) in [6.07, 6.45) is 0.213. The van der Waals surface area contributed by atoms with Crippen molar-refractivity contribution in [1.29, 1.82) is 0 Å². The summed E-state index contributed by atoms with van der Waals surface area (Å²) in [5.41, 5.74) is 2.89. The van der Waals surface area contributed by atoms with Gasteiger partial charge >= 0.3 is 0 Å². The lowest BCUT2D eigenvalue weighted by Crippen LogP contribution is -2.40. The van der Waals surface area contributed by atoms with Gasteiger partial charge in [-0.1, -0.05) is 18.2 Å². The molecule has 0 spiro atoms. The van der Waals surface area contributed by atoms with E-state index in [1.54, 1.807) is 12.1 Å². The minimum atomic E-state index is -0.292. The Morgan fingerprint density at radius 2 is 1.95 bits per heavy atom. The highest BCUT2D eigenvalue weighted by atomic mass is 19.1. The van der Waals surface area contributed by atoms with Crippen LogP contribution in [0.3, 0.4) is 0 Å². The third-order valence-corrected chi connectivity index (χ3v) is 4.47. The maximum Gasteiger partial charge on any atom is 0.146 e. The summed E-state index contributed by atoms with van der Waals surface area (Å²) in [7, 11) is 0. The fraction of sp³-hybridized carbons (Fsp3) is 0.278. The lowest BCUT2D eigenvalue weighted by atomic mass is 9.92. The minimum absolute atomic E-state index is 0.104. The van der Waals surface area contributed by atoms with Gasteiger partial charge in [0.1, 0.15) is 23.5 Å². The number of ketones is 1. The molecule has 3 atom stereocenters. The molecule has 3 nitrogen and oxygen atoms in total. The van der Waals surface area contributed by atoms with Crippen molar-refractivity contribution in [3.63, 3.8) is 0 Å². The van der Waals surface area contributed by atoms with Crippen LogP contribution in [0.4, 0.5) is 10.1 Å². The van der Waals surface area contributed by atoms with Crippen LogP contribution in [0, 0.1) is 12.7 Å². The van der Waals surface area contributed by atoms with E-state index >= 15 is 0 Å². The Labute approximate surface area is 128 Å². The number of hydrogen-bond acceptors (Lipinski definition) is 3. The zero-order chi connectivity index (χ0) is 15.3. The first kappa shape index (κ1) is 13.3. The normalized spacial score (nSPS) is 25.9. The van der Waals surface area contributed by atoms with Gasteiger partial charge in [0.15, 0.2) is 0 Å². The second kappa shape index (κ2) is 4.83. The van der Waals surface area contributed by atoms with Crippen LogP contribution in [-0.4, -0.2) is 17.9 Å². The van der Waals surface area contributed by atoms with Crippen LogP contribution < -0.4 is 10.1 Å². The lowest BCUT2D eigenvalue weighted by Gasteiger charge is -2.33. The van der Waals surface area contributed by atoms with Gasteiger partial charge in [-0.2, -0.15) is 0 Å². The molecule has 1 aliphatic heterocycles. The topological polar surface area (TPSA) is 38.3 Å². The van der Waals surface area contributed by atoms with E-state index in [0.29, 0.717) is 6.42 Å². The molecular weight excluding hydrogens is 281 g/mol. The van der Waals surface area contributed by atoms with Gasteiger partial charge < -0.3 is 10.1 Å². The van der Waals surface area contributed by atoms with E-state index in [4.69, 9.17) is 4.74 Å². The molecule has 0 bridgehead atoms. The maximum absolute atomic E-state index is 13.1. The van der Waals surface area contributed by atoms with E-state index in [-0.39, 0.29) is 29.7 Å². The summed E-state index contributed by atoms with van der Waals surface area (Å²) in [6.45, 7) is 2.02. The SMILES string of the molecule is Cc1ccc2c(c1)N[C@@H]1[C@@H](CC(=O)[C@H]1c1ccc(F)cc1)O2. The van der Waals surface area contributed by atoms with Crippen molar-refractivity contribution in [2.75, 3.05) is 5.32 Å². The molecule has 0 unspecified atom stereocenters. The number of fused-ring (bicyclic) bond motifs is 2. The first-order valence-electron chi connectivity index (χ1n) is 7.44. The summed E-state index contributed by atoms with van der Waals surface area (Å²) in [6, 6.07) is 12.0. The second-order valence-electron chi connectivity index (χ2n) is 6.03. The van der Waals surface area contributed by atoms with Crippen molar-refractivity contribution < 1.29 is 13.9 Å². The highest BCUT2D eigenvalue weighted by Gasteiger charge is 2.47. The summed E-state index contributed by atoms with van der Waals surface area (Å²) >= 11 is 0. The molecule has 22 heavy (non-hydrogen) atoms. The molecule has 4 rings (SSSR count). The molecular formula is C18H16FNO2. The number of nitrogens with one attached hydrogen (secondary N) is 1. The summed E-state index contributed by atoms with van der Waals surface area (Å²) in [5.74, 6) is 0.344. The molecule has 1 fully saturated rings. The first-order chi connectivity index (χ1) is 10.6. The van der Waals surface area contributed by atoms with E-state index < -0.39 is 0 Å². The van der Waals surface area contributed by atoms with Crippen molar-refractivity contribution in [3.8, 4) is 5.75 Å². The van der Waals surface area contributed by atoms with Crippen LogP contribution in [-0.2, 0) is 4.79 Å². The smallest absolute Gasteiger partial charge is 0.146 e. The molecule has 2 aliphatic rings. The van der Waals surface area contributed by atoms with Crippen LogP contribution in [0.5, 0.6) is 5.75 Å². The predicted octanol–water partition coefficient (Wildman–Crippen LogP) is 3.43. The van der Waals surface area contributed by atoms with E-state index in [9.17, 15) is 9.18 Å². The van der Waals surface area contributed by atoms with Crippen molar-refractivity contribution in [1.82, 2.24) is 0 Å². The number of Topliss-reactive ketones (excluding diaryl/α,β-unsaturated/α-hetero) is 1. The molecule has 1 N–H and O–H groups in total. The Balaban J connectivity index is 1.70. The largest absolute Gasteiger partial charge is 0.486 e. The standard InChI is InChI=1S/C18H16FNO2/c1-10-2-7-15-13(8-10)20-18-16(22-15)9-14(21)17(18)11-3-5-12(19)6-4-11/h2-8,16-18,20H,9H2,1H3/t16-,17-,18-/m1/s1. The molecule has 112 valence electrons. The third kappa shape index (κ3) is 2.06. The number of rotatable bonds is 1. The Kier molecular flexibility index (Phi) is 2.93. The number of ether oxygens (including phenoxy) is 1. The summed E-state index contributed by atoms with van der Waals surface area (Å²) in [5, 5.41) is 3.45. The number of benzene rings is 2. The fourth-order valence-corrected chi connectivity index (χ4v) is 3.42. The maximum atomic E-state index is 13.1. The average Bonchev–Trinajstić information content (AvgIpc) is 2.81. The first-order valence-corrected chi connectivity index (χ1v) is 7.44. The van der Waals surface area contributed by atoms with Crippen LogP contribution in [0.1, 0.15) is 23.5 Å². The predicted molar refractivity (Wildman–Crippen MR) is 81.8 cm³/mol. The molecule has 2 aromatic carbocycles. The molecule has 1 heterocycles. The number of anilines is 1. The van der Waals surface area contributed by atoms with Crippen LogP contribution in [0.25, 0.3) is 0 Å². The number of halogens is 1. The van der Waals surface area contributed by atoms with Gasteiger partial charge in [0.05, 0.1) is 17.6 Å². The Morgan fingerprint density at radius 3 is 2.73 bits per heavy atom. The molecule has 0 aromatic heterocycles. The Hall–Kier alpha value is -2.36. The van der Waals surface area contributed by atoms with Gasteiger partial charge in [-0.05, 0) is 42.3 Å². The van der Waals surface area contributed by atoms with E-state index in [1.807, 2.05) is 25.1 Å². The van der Waals surface area contributed by atoms with Crippen molar-refractivity contribution in [3.05, 3.63) is 59.4 Å². The average molecular weight is 297 g/mol. The number of carbonyl (C=O) groups is 1. The number of aryl methyl sites for hydroxylation is 1. The quantitative estimate of drug-likeness (QED) is 0.876. The molecule has 0 radical (unpaired) electrons. The molecule has 4 heteroatoms. The Morgan fingerprint density at radius 1 is 1.18 bits per heavy atom. The summed E-state index contributed by atoms with van der Waals surface area (Å²) < 4.78 is 19.1. The van der Waals surface area contributed by atoms with Gasteiger partial charge in [-0.25, -0.2) is 4.39 Å². The zero-order valence-corrected chi connectivity index (χ0v) is 12.2. The van der Waals surface area contributed by atoms with E-state index in [0.717, 1.165) is 22.6 Å². The molecule has 0 saturated heterocycles. The molecule has 2 aromatic rings. The zero-order valence-electron chi connectivity index (χ0n) is 12.2. The Bertz CT molecular complexity index is 741. The number of hydrogen-bond donors (Lipinski definition) is 1. The molecule has 0 amide bonds. The fourth-order valence-electron chi connectivity index (χ4n) is 3.42. The lowest BCUT2D eigenvalue weighted by molar-refractivity contribution is -0.119. The van der Waals surface area contributed by atoms with Gasteiger partial charge in [0.2, 0.25) is 0 Å². The van der Waals surface area contributed by atoms with Crippen molar-refractivity contribution in [2.24, 2.45) is 0 Å². The van der Waals surface area contributed by atoms with Gasteiger partial charge in [-0.15, -0.1) is 0 Å². The monoisotopic (exact) mass is 297 g/mol. The van der Waals surface area contributed by atoms with E-state index in [1.165, 1.54) is 12.1 Å². The highest BCUT2D eigenvalue weighted by Crippen LogP contribution is 2.42. The second-order valence-corrected chi connectivity index (χ2v) is 6.03. The minimum Gasteiger partial charge on any atom is -0.486 e. The molecule has 1 aliphatic carbocycles. The van der Waals surface area contributed by atoms with Crippen LogP contribution in [0.2, 0.25) is 0 Å². The van der Waals surface area contributed by atoms with Crippen molar-refractivity contribution in [2.45, 2.75) is 31.4 Å². The molecule has 1 saturated carbocycles. The van der Waals surface area contributed by atoms with Crippen LogP contribution >= 0.6 is 0 Å².